The highest BCUT2D eigenvalue weighted by Crippen LogP contribution is 2.01. The van der Waals surface area contributed by atoms with Crippen LogP contribution in [0.15, 0.2) is 0 Å². The van der Waals surface area contributed by atoms with E-state index in [2.05, 4.69) is 0 Å². The Bertz CT molecular complexity index is 208. The first-order valence-corrected chi connectivity index (χ1v) is 3.77. The molecule has 0 N–H and O–H groups in total. The van der Waals surface area contributed by atoms with Crippen molar-refractivity contribution >= 4 is 11.8 Å². The minimum atomic E-state index is -0.596. The van der Waals surface area contributed by atoms with Crippen LogP contribution in [0.4, 0.5) is 4.39 Å². The lowest BCUT2D eigenvalue weighted by Crippen LogP contribution is -2.53. The first-order chi connectivity index (χ1) is 5.66. The van der Waals surface area contributed by atoms with E-state index in [9.17, 15) is 14.0 Å². The number of carbonyl (C=O) groups is 2. The monoisotopic (exact) mass is 174 g/mol. The number of nitrogens with zero attached hydrogens (tertiary/aromatic N) is 2. The quantitative estimate of drug-likeness (QED) is 0.517. The van der Waals surface area contributed by atoms with Crippen molar-refractivity contribution < 1.29 is 14.0 Å². The Labute approximate surface area is 69.9 Å². The first kappa shape index (κ1) is 8.96. The maximum atomic E-state index is 11.9. The highest BCUT2D eigenvalue weighted by Gasteiger charge is 2.29. The topological polar surface area (TPSA) is 40.6 Å². The molecule has 2 amide bonds. The number of rotatable bonds is 2. The third-order valence-corrected chi connectivity index (χ3v) is 1.88. The van der Waals surface area contributed by atoms with Crippen molar-refractivity contribution in [1.29, 1.82) is 0 Å². The van der Waals surface area contributed by atoms with Gasteiger partial charge in [-0.15, -0.1) is 0 Å². The SMILES string of the molecule is CN1CCN(CCF)C(=O)C1=O. The number of alkyl halides is 1. The smallest absolute Gasteiger partial charge is 0.312 e. The number of hydrogen-bond donors (Lipinski definition) is 0. The third-order valence-electron chi connectivity index (χ3n) is 1.88. The molecule has 4 nitrogen and oxygen atoms in total. The summed E-state index contributed by atoms with van der Waals surface area (Å²) in [7, 11) is 1.56. The fourth-order valence-electron chi connectivity index (χ4n) is 1.09. The van der Waals surface area contributed by atoms with Crippen LogP contribution in [0, 0.1) is 0 Å². The molecule has 0 atom stereocenters. The lowest BCUT2D eigenvalue weighted by atomic mass is 10.3. The normalized spacial score (nSPS) is 18.8. The second-order valence-corrected chi connectivity index (χ2v) is 2.71. The number of piperazine rings is 1. The molecule has 5 heteroatoms. The van der Waals surface area contributed by atoms with Crippen LogP contribution in [0.25, 0.3) is 0 Å². The van der Waals surface area contributed by atoms with E-state index in [1.165, 1.54) is 9.80 Å². The largest absolute Gasteiger partial charge is 0.336 e. The van der Waals surface area contributed by atoms with Gasteiger partial charge in [0.1, 0.15) is 6.67 Å². The minimum absolute atomic E-state index is 0.0262. The molecular formula is C7H11FN2O2. The van der Waals surface area contributed by atoms with Crippen LogP contribution >= 0.6 is 0 Å². The Morgan fingerprint density at radius 1 is 1.33 bits per heavy atom. The van der Waals surface area contributed by atoms with Crippen LogP contribution in [0.2, 0.25) is 0 Å². The van der Waals surface area contributed by atoms with Gasteiger partial charge in [0.05, 0.1) is 0 Å². The Hall–Kier alpha value is -1.13. The van der Waals surface area contributed by atoms with Gasteiger partial charge in [-0.2, -0.15) is 0 Å². The molecule has 68 valence electrons. The summed E-state index contributed by atoms with van der Waals surface area (Å²) in [5.41, 5.74) is 0. The predicted octanol–water partition coefficient (Wildman–Crippen LogP) is -0.744. The molecule has 1 heterocycles. The fraction of sp³-hybridized carbons (Fsp3) is 0.714. The summed E-state index contributed by atoms with van der Waals surface area (Å²) < 4.78 is 11.9. The molecule has 1 aliphatic heterocycles. The zero-order chi connectivity index (χ0) is 9.14. The summed E-state index contributed by atoms with van der Waals surface area (Å²) in [6.07, 6.45) is 0. The van der Waals surface area contributed by atoms with Crippen molar-refractivity contribution in [2.45, 2.75) is 0 Å². The predicted molar refractivity (Wildman–Crippen MR) is 40.2 cm³/mol. The average molecular weight is 174 g/mol. The summed E-state index contributed by atoms with van der Waals surface area (Å²) in [6, 6.07) is 0. The minimum Gasteiger partial charge on any atom is -0.336 e. The van der Waals surface area contributed by atoms with E-state index in [1.54, 1.807) is 7.05 Å². The summed E-state index contributed by atoms with van der Waals surface area (Å²) in [5.74, 6) is -1.14. The summed E-state index contributed by atoms with van der Waals surface area (Å²) in [4.78, 5) is 24.7. The number of hydrogen-bond acceptors (Lipinski definition) is 2. The van der Waals surface area contributed by atoms with Crippen molar-refractivity contribution in [2.75, 3.05) is 33.4 Å². The molecule has 1 fully saturated rings. The van der Waals surface area contributed by atoms with E-state index in [1.807, 2.05) is 0 Å². The fourth-order valence-corrected chi connectivity index (χ4v) is 1.09. The number of halogens is 1. The van der Waals surface area contributed by atoms with Crippen molar-refractivity contribution in [1.82, 2.24) is 9.80 Å². The van der Waals surface area contributed by atoms with Crippen LogP contribution in [-0.2, 0) is 9.59 Å². The lowest BCUT2D eigenvalue weighted by Gasteiger charge is -2.30. The highest BCUT2D eigenvalue weighted by atomic mass is 19.1. The molecule has 0 aromatic heterocycles. The molecule has 0 unspecified atom stereocenters. The number of carbonyl (C=O) groups excluding carboxylic acids is 2. The van der Waals surface area contributed by atoms with Gasteiger partial charge in [0, 0.05) is 26.7 Å². The van der Waals surface area contributed by atoms with Crippen LogP contribution in [0.5, 0.6) is 0 Å². The van der Waals surface area contributed by atoms with Crippen LogP contribution in [0.1, 0.15) is 0 Å². The van der Waals surface area contributed by atoms with Crippen LogP contribution < -0.4 is 0 Å². The number of likely N-dealkylation sites (N-methyl/N-ethyl adjacent to an activating group) is 1. The first-order valence-electron chi connectivity index (χ1n) is 3.77. The van der Waals surface area contributed by atoms with Gasteiger partial charge in [-0.25, -0.2) is 4.39 Å². The zero-order valence-electron chi connectivity index (χ0n) is 6.92. The van der Waals surface area contributed by atoms with Crippen molar-refractivity contribution in [2.24, 2.45) is 0 Å². The standard InChI is InChI=1S/C7H11FN2O2/c1-9-4-5-10(3-2-8)7(12)6(9)11/h2-5H2,1H3. The van der Waals surface area contributed by atoms with Gasteiger partial charge in [-0.1, -0.05) is 0 Å². The van der Waals surface area contributed by atoms with Gasteiger partial charge in [-0.05, 0) is 0 Å². The Kier molecular flexibility index (Phi) is 2.62. The second kappa shape index (κ2) is 3.51. The molecule has 0 spiro atoms. The molecule has 0 radical (unpaired) electrons. The lowest BCUT2D eigenvalue weighted by molar-refractivity contribution is -0.155. The molecule has 0 aromatic rings. The van der Waals surface area contributed by atoms with Gasteiger partial charge < -0.3 is 9.80 Å². The average Bonchev–Trinajstić information content (AvgIpc) is 2.07. The van der Waals surface area contributed by atoms with Gasteiger partial charge in [0.2, 0.25) is 0 Å². The zero-order valence-corrected chi connectivity index (χ0v) is 6.92. The van der Waals surface area contributed by atoms with Gasteiger partial charge in [0.15, 0.2) is 0 Å². The number of amides is 2. The molecule has 0 aromatic carbocycles. The van der Waals surface area contributed by atoms with E-state index in [0.29, 0.717) is 13.1 Å². The third kappa shape index (κ3) is 1.54. The molecule has 12 heavy (non-hydrogen) atoms. The van der Waals surface area contributed by atoms with Gasteiger partial charge >= 0.3 is 11.8 Å². The van der Waals surface area contributed by atoms with E-state index in [-0.39, 0.29) is 6.54 Å². The summed E-state index contributed by atoms with van der Waals surface area (Å²) >= 11 is 0. The Morgan fingerprint density at radius 2 is 2.00 bits per heavy atom. The molecule has 0 bridgehead atoms. The van der Waals surface area contributed by atoms with Gasteiger partial charge in [-0.3, -0.25) is 9.59 Å². The van der Waals surface area contributed by atoms with E-state index >= 15 is 0 Å². The molecular weight excluding hydrogens is 163 g/mol. The Balaban J connectivity index is 2.59. The summed E-state index contributed by atoms with van der Waals surface area (Å²) in [6.45, 7) is 0.358. The molecule has 1 saturated heterocycles. The maximum absolute atomic E-state index is 11.9. The van der Waals surface area contributed by atoms with Crippen molar-refractivity contribution in [3.63, 3.8) is 0 Å². The molecule has 1 rings (SSSR count). The van der Waals surface area contributed by atoms with E-state index in [0.717, 1.165) is 0 Å². The van der Waals surface area contributed by atoms with Crippen molar-refractivity contribution in [3.8, 4) is 0 Å². The molecule has 0 aliphatic carbocycles. The maximum Gasteiger partial charge on any atom is 0.312 e. The van der Waals surface area contributed by atoms with Crippen LogP contribution in [-0.4, -0.2) is 55.0 Å². The summed E-state index contributed by atoms with van der Waals surface area (Å²) in [5, 5.41) is 0. The van der Waals surface area contributed by atoms with E-state index < -0.39 is 18.5 Å². The van der Waals surface area contributed by atoms with E-state index in [4.69, 9.17) is 0 Å². The second-order valence-electron chi connectivity index (χ2n) is 2.71. The van der Waals surface area contributed by atoms with Crippen LogP contribution in [0.3, 0.4) is 0 Å². The molecule has 1 aliphatic rings. The molecule has 0 saturated carbocycles. The Morgan fingerprint density at radius 3 is 2.58 bits per heavy atom. The highest BCUT2D eigenvalue weighted by molar-refractivity contribution is 6.35. The van der Waals surface area contributed by atoms with Gasteiger partial charge in [0.25, 0.3) is 0 Å². The van der Waals surface area contributed by atoms with Crippen molar-refractivity contribution in [3.05, 3.63) is 0 Å².